The van der Waals surface area contributed by atoms with Crippen LogP contribution in [0.4, 0.5) is 0 Å². The van der Waals surface area contributed by atoms with Gasteiger partial charge in [-0.3, -0.25) is 34.8 Å². The molecular formula is C27H40N7O11. The molecule has 0 spiro atoms. The molecule has 2 aliphatic heterocycles. The number of carbonyl (C=O) groups excluding carboxylic acids is 4. The minimum atomic E-state index is -1.73. The smallest absolute Gasteiger partial charge is 0.245 e. The van der Waals surface area contributed by atoms with Crippen LogP contribution in [0.25, 0.3) is 0 Å². The first kappa shape index (κ1) is 35.7. The number of guanidine groups is 1. The topological polar surface area (TPSA) is 286 Å². The van der Waals surface area contributed by atoms with Gasteiger partial charge < -0.3 is 56.6 Å². The third-order valence-corrected chi connectivity index (χ3v) is 7.60. The number of aliphatic hydroxyl groups is 6. The molecule has 0 bridgehead atoms. The predicted molar refractivity (Wildman–Crippen MR) is 154 cm³/mol. The molecule has 2 aliphatic rings. The fourth-order valence-electron chi connectivity index (χ4n) is 4.93. The molecule has 2 saturated heterocycles. The molecule has 1 aromatic rings. The predicted octanol–water partition coefficient (Wildman–Crippen LogP) is -6.11. The van der Waals surface area contributed by atoms with Crippen LogP contribution in [-0.2, 0) is 23.9 Å². The van der Waals surface area contributed by atoms with Crippen molar-refractivity contribution in [3.8, 4) is 0 Å². The summed E-state index contributed by atoms with van der Waals surface area (Å²) in [6.45, 7) is -1.30. The van der Waals surface area contributed by atoms with Crippen molar-refractivity contribution < 1.29 is 54.6 Å². The summed E-state index contributed by atoms with van der Waals surface area (Å²) >= 11 is 0. The molecule has 1 radical (unpaired) electrons. The Bertz CT molecular complexity index is 1180. The Labute approximate surface area is 258 Å². The van der Waals surface area contributed by atoms with Crippen molar-refractivity contribution in [3.05, 3.63) is 35.9 Å². The fraction of sp³-hybridized carbons (Fsp3) is 0.593. The Balaban J connectivity index is 1.57. The zero-order valence-electron chi connectivity index (χ0n) is 24.4. The van der Waals surface area contributed by atoms with Crippen LogP contribution in [-0.4, -0.2) is 153 Å². The van der Waals surface area contributed by atoms with Gasteiger partial charge in [-0.2, -0.15) is 0 Å². The number of aliphatic hydroxyl groups excluding tert-OH is 6. The van der Waals surface area contributed by atoms with E-state index in [9.17, 15) is 49.8 Å². The second kappa shape index (κ2) is 16.5. The molecule has 18 nitrogen and oxygen atoms in total. The number of amides is 3. The van der Waals surface area contributed by atoms with Gasteiger partial charge in [-0.15, -0.1) is 0 Å². The standard InChI is InChI=1S/C27H40N7O11/c1-13(14-5-3-2-4-6-14)15(9-35)32-20(39)8-29-24(43)16(10-36)33-25(44)17(11-37)31-19-7-30-27(28)34(19)26-23(42)22(41)21(40)18(12-38)45-26/h2-6,13,15-19,21-23,26,31,36-38,40-42H,7-8,10-12H2,1H3,(H2,28,30)(H,29,43)(H,32,39)(H,33,44). The van der Waals surface area contributed by atoms with Gasteiger partial charge >= 0.3 is 0 Å². The maximum atomic E-state index is 13.0. The van der Waals surface area contributed by atoms with E-state index in [-0.39, 0.29) is 12.5 Å². The molecule has 45 heavy (non-hydrogen) atoms. The van der Waals surface area contributed by atoms with E-state index in [1.165, 1.54) is 0 Å². The highest BCUT2D eigenvalue weighted by Crippen LogP contribution is 2.26. The molecule has 3 amide bonds. The van der Waals surface area contributed by atoms with E-state index in [0.29, 0.717) is 0 Å². The van der Waals surface area contributed by atoms with Gasteiger partial charge in [0.25, 0.3) is 0 Å². The number of hydrogen-bond donors (Lipinski definition) is 12. The number of benzene rings is 1. The average Bonchev–Trinajstić information content (AvgIpc) is 3.41. The van der Waals surface area contributed by atoms with E-state index in [4.69, 9.17) is 10.1 Å². The lowest BCUT2D eigenvalue weighted by Crippen LogP contribution is -2.67. The Hall–Kier alpha value is -3.75. The minimum Gasteiger partial charge on any atom is -0.394 e. The lowest BCUT2D eigenvalue weighted by atomic mass is 9.94. The molecule has 12 N–H and O–H groups in total. The molecule has 2 heterocycles. The monoisotopic (exact) mass is 638 g/mol. The Morgan fingerprint density at radius 3 is 2.29 bits per heavy atom. The van der Waals surface area contributed by atoms with Gasteiger partial charge in [-0.05, 0) is 5.56 Å². The first-order valence-corrected chi connectivity index (χ1v) is 14.2. The van der Waals surface area contributed by atoms with Crippen LogP contribution >= 0.6 is 0 Å². The van der Waals surface area contributed by atoms with Crippen molar-refractivity contribution in [3.63, 3.8) is 0 Å². The van der Waals surface area contributed by atoms with E-state index in [1.807, 2.05) is 0 Å². The molecule has 0 aliphatic carbocycles. The van der Waals surface area contributed by atoms with E-state index >= 15 is 0 Å². The maximum Gasteiger partial charge on any atom is 0.245 e. The lowest BCUT2D eigenvalue weighted by molar-refractivity contribution is -0.258. The third kappa shape index (κ3) is 8.70. The molecule has 10 atom stereocenters. The van der Waals surface area contributed by atoms with Gasteiger partial charge in [0.15, 0.2) is 12.2 Å². The number of ether oxygens (including phenoxy) is 1. The van der Waals surface area contributed by atoms with Crippen LogP contribution in [0.1, 0.15) is 18.4 Å². The minimum absolute atomic E-state index is 0.0429. The van der Waals surface area contributed by atoms with Gasteiger partial charge in [0.05, 0.1) is 32.9 Å². The van der Waals surface area contributed by atoms with Crippen molar-refractivity contribution in [2.24, 2.45) is 0 Å². The molecule has 3 rings (SSSR count). The quantitative estimate of drug-likeness (QED) is 0.0852. The summed E-state index contributed by atoms with van der Waals surface area (Å²) < 4.78 is 5.51. The molecule has 10 unspecified atom stereocenters. The van der Waals surface area contributed by atoms with E-state index in [2.05, 4.69) is 26.6 Å². The van der Waals surface area contributed by atoms with Crippen LogP contribution in [0.2, 0.25) is 0 Å². The maximum absolute atomic E-state index is 13.0. The highest BCUT2D eigenvalue weighted by Gasteiger charge is 2.49. The zero-order chi connectivity index (χ0) is 33.3. The van der Waals surface area contributed by atoms with E-state index < -0.39 is 105 Å². The van der Waals surface area contributed by atoms with Crippen LogP contribution in [0, 0.1) is 5.41 Å². The van der Waals surface area contributed by atoms with Gasteiger partial charge in [-0.1, -0.05) is 37.3 Å². The van der Waals surface area contributed by atoms with Gasteiger partial charge in [-0.25, -0.2) is 0 Å². The zero-order valence-corrected chi connectivity index (χ0v) is 24.4. The number of hydrogen-bond acceptors (Lipinski definition) is 13. The van der Waals surface area contributed by atoms with Crippen molar-refractivity contribution >= 4 is 30.0 Å². The largest absolute Gasteiger partial charge is 0.394 e. The van der Waals surface area contributed by atoms with Crippen molar-refractivity contribution in [2.75, 3.05) is 32.9 Å². The molecule has 0 aromatic heterocycles. The van der Waals surface area contributed by atoms with E-state index in [0.717, 1.165) is 10.5 Å². The molecule has 1 aromatic carbocycles. The third-order valence-electron chi connectivity index (χ3n) is 7.60. The second-order valence-electron chi connectivity index (χ2n) is 10.6. The average molecular weight is 639 g/mol. The molecule has 0 saturated carbocycles. The highest BCUT2D eigenvalue weighted by atomic mass is 16.6. The molecule has 249 valence electrons. The number of carbonyl (C=O) groups is 3. The van der Waals surface area contributed by atoms with E-state index in [1.54, 1.807) is 43.5 Å². The SMILES string of the molecule is CC(c1ccccc1)C([C]=O)NC(=O)CNC(=O)C(CO)NC(=O)C(CO)NC1CNC(=N)N1C1OC(CO)C(O)C(O)C1O. The summed E-state index contributed by atoms with van der Waals surface area (Å²) in [5, 5.41) is 80.4. The summed E-state index contributed by atoms with van der Waals surface area (Å²) in [4.78, 5) is 50.6. The molecular weight excluding hydrogens is 598 g/mol. The Morgan fingerprint density at radius 1 is 1.02 bits per heavy atom. The van der Waals surface area contributed by atoms with Crippen molar-refractivity contribution in [1.82, 2.24) is 31.5 Å². The normalized spacial score (nSPS) is 27.4. The van der Waals surface area contributed by atoms with Crippen molar-refractivity contribution in [2.45, 2.75) is 67.8 Å². The highest BCUT2D eigenvalue weighted by molar-refractivity contribution is 5.92. The van der Waals surface area contributed by atoms with Crippen LogP contribution in [0.5, 0.6) is 0 Å². The number of nitrogens with zero attached hydrogens (tertiary/aromatic N) is 1. The Morgan fingerprint density at radius 2 is 1.69 bits per heavy atom. The van der Waals surface area contributed by atoms with Gasteiger partial charge in [0.2, 0.25) is 24.0 Å². The molecule has 2 fully saturated rings. The van der Waals surface area contributed by atoms with Crippen LogP contribution in [0.15, 0.2) is 30.3 Å². The van der Waals surface area contributed by atoms with Crippen LogP contribution in [0.3, 0.4) is 0 Å². The molecule has 18 heteroatoms. The summed E-state index contributed by atoms with van der Waals surface area (Å²) in [5.74, 6) is -3.32. The first-order chi connectivity index (χ1) is 21.5. The summed E-state index contributed by atoms with van der Waals surface area (Å²) in [7, 11) is 0. The lowest BCUT2D eigenvalue weighted by Gasteiger charge is -2.45. The Kier molecular flexibility index (Phi) is 13.1. The summed E-state index contributed by atoms with van der Waals surface area (Å²) in [6, 6.07) is 4.96. The fourth-order valence-corrected chi connectivity index (χ4v) is 4.93. The first-order valence-electron chi connectivity index (χ1n) is 14.2. The number of nitrogens with one attached hydrogen (secondary N) is 6. The summed E-state index contributed by atoms with van der Waals surface area (Å²) in [5.41, 5.74) is 0.784. The summed E-state index contributed by atoms with van der Waals surface area (Å²) in [6.07, 6.45) is -7.04. The van der Waals surface area contributed by atoms with Crippen LogP contribution < -0.4 is 26.6 Å². The number of rotatable bonds is 15. The second-order valence-corrected chi connectivity index (χ2v) is 10.6. The van der Waals surface area contributed by atoms with Gasteiger partial charge in [0.1, 0.15) is 48.7 Å². The van der Waals surface area contributed by atoms with Gasteiger partial charge in [0, 0.05) is 5.92 Å². The van der Waals surface area contributed by atoms with Crippen molar-refractivity contribution in [1.29, 1.82) is 5.41 Å².